The maximum atomic E-state index is 5.52. The van der Waals surface area contributed by atoms with E-state index in [0.717, 1.165) is 27.1 Å². The van der Waals surface area contributed by atoms with E-state index >= 15 is 0 Å². The Morgan fingerprint density at radius 3 is 1.96 bits per heavy atom. The van der Waals surface area contributed by atoms with Gasteiger partial charge in [0.2, 0.25) is 0 Å². The standard InChI is InChI=1S/C24H20NO2S/c1-26-21-14-13-19(15-22(21)27-2)24-23(18-11-7-4-8-12-18)20(16-25-28-24)17-9-5-3-6-10-17/h3-16H,1-2H3/q+1. The van der Waals surface area contributed by atoms with Crippen LogP contribution in [0.5, 0.6) is 11.5 Å². The van der Waals surface area contributed by atoms with Gasteiger partial charge >= 0.3 is 11.5 Å². The topological polar surface area (TPSA) is 31.4 Å². The van der Waals surface area contributed by atoms with Crippen molar-refractivity contribution in [3.8, 4) is 44.2 Å². The molecule has 4 rings (SSSR count). The fraction of sp³-hybridized carbons (Fsp3) is 0.0833. The van der Waals surface area contributed by atoms with E-state index in [9.17, 15) is 0 Å². The molecule has 0 fully saturated rings. The Morgan fingerprint density at radius 1 is 0.679 bits per heavy atom. The summed E-state index contributed by atoms with van der Waals surface area (Å²) in [6.07, 6.45) is 1.95. The van der Waals surface area contributed by atoms with Crippen molar-refractivity contribution < 1.29 is 9.47 Å². The highest BCUT2D eigenvalue weighted by molar-refractivity contribution is 7.09. The molecule has 0 atom stereocenters. The maximum absolute atomic E-state index is 5.52. The zero-order chi connectivity index (χ0) is 19.3. The van der Waals surface area contributed by atoms with Gasteiger partial charge in [0.25, 0.3) is 4.88 Å². The largest absolute Gasteiger partial charge is 0.493 e. The summed E-state index contributed by atoms with van der Waals surface area (Å²) in [5, 5.41) is 0. The molecule has 28 heavy (non-hydrogen) atoms. The van der Waals surface area contributed by atoms with Gasteiger partial charge in [-0.3, -0.25) is 0 Å². The Kier molecular flexibility index (Phi) is 5.31. The molecule has 0 amide bonds. The van der Waals surface area contributed by atoms with Crippen molar-refractivity contribution in [2.75, 3.05) is 14.2 Å². The van der Waals surface area contributed by atoms with E-state index in [0.29, 0.717) is 11.5 Å². The predicted molar refractivity (Wildman–Crippen MR) is 116 cm³/mol. The summed E-state index contributed by atoms with van der Waals surface area (Å²) in [6, 6.07) is 26.8. The van der Waals surface area contributed by atoms with E-state index in [1.807, 2.05) is 30.5 Å². The Morgan fingerprint density at radius 2 is 1.32 bits per heavy atom. The molecule has 0 saturated carbocycles. The average Bonchev–Trinajstić information content (AvgIpc) is 2.79. The first kappa shape index (κ1) is 18.1. The number of methoxy groups -OCH3 is 2. The molecule has 3 nitrogen and oxygen atoms in total. The van der Waals surface area contributed by atoms with Crippen molar-refractivity contribution in [2.24, 2.45) is 0 Å². The molecule has 1 heterocycles. The third kappa shape index (κ3) is 3.47. The van der Waals surface area contributed by atoms with E-state index in [1.165, 1.54) is 17.1 Å². The predicted octanol–water partition coefficient (Wildman–Crippen LogP) is 6.44. The van der Waals surface area contributed by atoms with Gasteiger partial charge in [0.15, 0.2) is 11.5 Å². The van der Waals surface area contributed by atoms with Crippen molar-refractivity contribution in [1.29, 1.82) is 0 Å². The summed E-state index contributed by atoms with van der Waals surface area (Å²) in [5.74, 6) is 1.42. The van der Waals surface area contributed by atoms with Gasteiger partial charge in [0, 0.05) is 15.5 Å². The minimum Gasteiger partial charge on any atom is -0.493 e. The summed E-state index contributed by atoms with van der Waals surface area (Å²) >= 11 is 1.48. The molecule has 138 valence electrons. The number of rotatable bonds is 5. The molecule has 1 aromatic heterocycles. The summed E-state index contributed by atoms with van der Waals surface area (Å²) in [7, 11) is 3.30. The molecule has 4 aromatic rings. The van der Waals surface area contributed by atoms with Crippen molar-refractivity contribution >= 4 is 11.5 Å². The molecule has 0 spiro atoms. The highest BCUT2D eigenvalue weighted by Gasteiger charge is 2.25. The molecule has 0 aliphatic heterocycles. The molecule has 3 aromatic carbocycles. The smallest absolute Gasteiger partial charge is 0.363 e. The molecular weight excluding hydrogens is 366 g/mol. The van der Waals surface area contributed by atoms with Crippen LogP contribution in [0, 0.1) is 0 Å². The average molecular weight is 386 g/mol. The van der Waals surface area contributed by atoms with Gasteiger partial charge in [0.1, 0.15) is 0 Å². The first-order chi connectivity index (χ1) is 13.8. The first-order valence-corrected chi connectivity index (χ1v) is 9.74. The Bertz CT molecular complexity index is 1080. The van der Waals surface area contributed by atoms with Crippen LogP contribution in [0.4, 0.5) is 0 Å². The normalized spacial score (nSPS) is 10.5. The fourth-order valence-corrected chi connectivity index (χ4v) is 4.08. The lowest BCUT2D eigenvalue weighted by Gasteiger charge is -2.11. The maximum Gasteiger partial charge on any atom is 0.363 e. The van der Waals surface area contributed by atoms with Gasteiger partial charge in [-0.1, -0.05) is 60.7 Å². The highest BCUT2D eigenvalue weighted by Crippen LogP contribution is 2.43. The van der Waals surface area contributed by atoms with E-state index in [4.69, 9.17) is 9.47 Å². The van der Waals surface area contributed by atoms with Crippen molar-refractivity contribution in [1.82, 2.24) is 4.37 Å². The number of ether oxygens (including phenoxy) is 2. The SMILES string of the molecule is COc1ccc(-c2[s+]ncc(-c3ccccc3)c2-c2ccccc2)cc1OC. The summed E-state index contributed by atoms with van der Waals surface area (Å²) < 4.78 is 15.5. The second-order valence-corrected chi connectivity index (χ2v) is 7.05. The van der Waals surface area contributed by atoms with Crippen molar-refractivity contribution in [3.05, 3.63) is 85.1 Å². The third-order valence-electron chi connectivity index (χ3n) is 4.62. The first-order valence-electron chi connectivity index (χ1n) is 8.97. The summed E-state index contributed by atoms with van der Waals surface area (Å²) in [4.78, 5) is 1.09. The van der Waals surface area contributed by atoms with Crippen LogP contribution >= 0.6 is 11.5 Å². The number of nitrogens with zero attached hydrogens (tertiary/aromatic N) is 1. The van der Waals surface area contributed by atoms with Gasteiger partial charge in [-0.25, -0.2) is 0 Å². The lowest BCUT2D eigenvalue weighted by atomic mass is 9.94. The monoisotopic (exact) mass is 386 g/mol. The van der Waals surface area contributed by atoms with Gasteiger partial charge in [0.05, 0.1) is 26.0 Å². The van der Waals surface area contributed by atoms with Crippen molar-refractivity contribution in [3.63, 3.8) is 0 Å². The molecule has 0 saturated heterocycles. The van der Waals surface area contributed by atoms with Gasteiger partial charge < -0.3 is 9.47 Å². The molecule has 0 radical (unpaired) electrons. The van der Waals surface area contributed by atoms with E-state index < -0.39 is 0 Å². The molecule has 0 aliphatic rings. The second-order valence-electron chi connectivity index (χ2n) is 6.25. The number of benzene rings is 3. The quantitative estimate of drug-likeness (QED) is 0.370. The van der Waals surface area contributed by atoms with Crippen LogP contribution in [0.25, 0.3) is 32.7 Å². The molecule has 0 aliphatic carbocycles. The highest BCUT2D eigenvalue weighted by atomic mass is 32.1. The Balaban J connectivity index is 1.98. The number of hydrogen-bond donors (Lipinski definition) is 0. The number of hydrogen-bond acceptors (Lipinski definition) is 3. The van der Waals surface area contributed by atoms with E-state index in [1.54, 1.807) is 14.2 Å². The van der Waals surface area contributed by atoms with Crippen LogP contribution in [0.15, 0.2) is 85.1 Å². The van der Waals surface area contributed by atoms with Crippen LogP contribution in [0.3, 0.4) is 0 Å². The summed E-state index contributed by atoms with van der Waals surface area (Å²) in [5.41, 5.74) is 5.62. The van der Waals surface area contributed by atoms with Crippen molar-refractivity contribution in [2.45, 2.75) is 0 Å². The lowest BCUT2D eigenvalue weighted by molar-refractivity contribution is 0.355. The zero-order valence-electron chi connectivity index (χ0n) is 15.8. The van der Waals surface area contributed by atoms with Crippen LogP contribution in [-0.2, 0) is 0 Å². The van der Waals surface area contributed by atoms with E-state index in [2.05, 4.69) is 59.0 Å². The lowest BCUT2D eigenvalue weighted by Crippen LogP contribution is -1.93. The molecule has 4 heteroatoms. The third-order valence-corrected chi connectivity index (χ3v) is 5.45. The zero-order valence-corrected chi connectivity index (χ0v) is 16.6. The molecule has 0 N–H and O–H groups in total. The second kappa shape index (κ2) is 8.19. The van der Waals surface area contributed by atoms with Gasteiger partial charge in [-0.05, 0) is 29.3 Å². The summed E-state index contributed by atoms with van der Waals surface area (Å²) in [6.45, 7) is 0. The van der Waals surface area contributed by atoms with Crippen LogP contribution < -0.4 is 9.47 Å². The molecule has 0 unspecified atom stereocenters. The van der Waals surface area contributed by atoms with Crippen LogP contribution in [0.2, 0.25) is 0 Å². The minimum atomic E-state index is 0.705. The fourth-order valence-electron chi connectivity index (χ4n) is 3.27. The van der Waals surface area contributed by atoms with E-state index in [-0.39, 0.29) is 0 Å². The minimum absolute atomic E-state index is 0.705. The Labute approximate surface area is 169 Å². The van der Waals surface area contributed by atoms with Gasteiger partial charge in [-0.15, -0.1) is 0 Å². The van der Waals surface area contributed by atoms with Crippen LogP contribution in [0.1, 0.15) is 0 Å². The molecular formula is C24H20NO2S+. The Hall–Kier alpha value is -3.24. The van der Waals surface area contributed by atoms with Gasteiger partial charge in [-0.2, -0.15) is 0 Å². The molecule has 0 bridgehead atoms. The van der Waals surface area contributed by atoms with Crippen LogP contribution in [-0.4, -0.2) is 18.6 Å². The number of aromatic nitrogens is 1.